The van der Waals surface area contributed by atoms with Crippen molar-refractivity contribution in [1.29, 1.82) is 0 Å². The van der Waals surface area contributed by atoms with Gasteiger partial charge in [0.15, 0.2) is 5.69 Å². The zero-order valence-electron chi connectivity index (χ0n) is 10.7. The van der Waals surface area contributed by atoms with Gasteiger partial charge in [-0.05, 0) is 12.1 Å². The molecule has 0 bridgehead atoms. The first kappa shape index (κ1) is 14.8. The highest BCUT2D eigenvalue weighted by Gasteiger charge is 2.14. The van der Waals surface area contributed by atoms with Crippen LogP contribution in [-0.2, 0) is 0 Å². The topological polar surface area (TPSA) is 88.0 Å². The fourth-order valence-electron chi connectivity index (χ4n) is 1.81. The molecule has 112 valence electrons. The van der Waals surface area contributed by atoms with Gasteiger partial charge in [-0.2, -0.15) is 4.68 Å². The molecule has 0 amide bonds. The van der Waals surface area contributed by atoms with Crippen LogP contribution in [0.5, 0.6) is 0 Å². The number of hydrogen-bond donors (Lipinski definition) is 2. The van der Waals surface area contributed by atoms with E-state index in [-0.39, 0.29) is 16.4 Å². The summed E-state index contributed by atoms with van der Waals surface area (Å²) in [5.74, 6) is -1.15. The maximum absolute atomic E-state index is 12.0. The monoisotopic (exact) mass is 355 g/mol. The summed E-state index contributed by atoms with van der Waals surface area (Å²) in [4.78, 5) is 26.8. The van der Waals surface area contributed by atoms with Crippen LogP contribution in [-0.4, -0.2) is 25.8 Å². The minimum atomic E-state index is -1.15. The Morgan fingerprint density at radius 2 is 2.05 bits per heavy atom. The Bertz CT molecular complexity index is 929. The van der Waals surface area contributed by atoms with Crippen LogP contribution in [0.1, 0.15) is 10.5 Å². The molecular formula is C13H7Cl2N3O3S. The minimum Gasteiger partial charge on any atom is -0.476 e. The van der Waals surface area contributed by atoms with Gasteiger partial charge in [0, 0.05) is 17.0 Å². The van der Waals surface area contributed by atoms with Gasteiger partial charge < -0.3 is 5.11 Å². The number of H-pyrrole nitrogens is 1. The molecule has 0 saturated heterocycles. The van der Waals surface area contributed by atoms with E-state index in [0.29, 0.717) is 21.3 Å². The first-order valence-corrected chi connectivity index (χ1v) is 7.56. The zero-order chi connectivity index (χ0) is 15.9. The number of aromatic carboxylic acids is 1. The summed E-state index contributed by atoms with van der Waals surface area (Å²) in [5, 5.41) is 14.1. The smallest absolute Gasteiger partial charge is 0.355 e. The first-order valence-electron chi connectivity index (χ1n) is 5.92. The lowest BCUT2D eigenvalue weighted by Gasteiger charge is -2.01. The third-order valence-corrected chi connectivity index (χ3v) is 4.42. The van der Waals surface area contributed by atoms with Gasteiger partial charge in [0.1, 0.15) is 0 Å². The van der Waals surface area contributed by atoms with Crippen molar-refractivity contribution in [2.24, 2.45) is 0 Å². The first-order chi connectivity index (χ1) is 10.5. The lowest BCUT2D eigenvalue weighted by molar-refractivity contribution is 0.0691. The van der Waals surface area contributed by atoms with E-state index in [1.807, 2.05) is 0 Å². The van der Waals surface area contributed by atoms with Crippen molar-refractivity contribution in [2.45, 2.75) is 0 Å². The van der Waals surface area contributed by atoms with E-state index in [2.05, 4.69) is 10.1 Å². The van der Waals surface area contributed by atoms with E-state index in [1.165, 1.54) is 16.1 Å². The van der Waals surface area contributed by atoms with Crippen molar-refractivity contribution in [3.8, 4) is 16.4 Å². The highest BCUT2D eigenvalue weighted by Crippen LogP contribution is 2.27. The molecule has 9 heteroatoms. The lowest BCUT2D eigenvalue weighted by atomic mass is 10.1. The third kappa shape index (κ3) is 2.66. The molecular weight excluding hydrogens is 349 g/mol. The van der Waals surface area contributed by atoms with Crippen LogP contribution >= 0.6 is 34.5 Å². The van der Waals surface area contributed by atoms with Crippen molar-refractivity contribution in [3.63, 3.8) is 0 Å². The largest absolute Gasteiger partial charge is 0.476 e. The number of aromatic amines is 1. The molecule has 2 aromatic heterocycles. The average molecular weight is 356 g/mol. The van der Waals surface area contributed by atoms with Gasteiger partial charge in [0.25, 0.3) is 5.56 Å². The van der Waals surface area contributed by atoms with E-state index in [9.17, 15) is 9.59 Å². The van der Waals surface area contributed by atoms with Gasteiger partial charge in [0.2, 0.25) is 5.13 Å². The molecule has 0 aliphatic heterocycles. The molecule has 0 fully saturated rings. The van der Waals surface area contributed by atoms with Crippen LogP contribution < -0.4 is 5.56 Å². The van der Waals surface area contributed by atoms with Crippen LogP contribution in [0.2, 0.25) is 10.0 Å². The normalized spacial score (nSPS) is 10.8. The summed E-state index contributed by atoms with van der Waals surface area (Å²) < 4.78 is 1.18. The molecule has 0 radical (unpaired) electrons. The van der Waals surface area contributed by atoms with E-state index in [0.717, 1.165) is 11.3 Å². The molecule has 3 rings (SSSR count). The van der Waals surface area contributed by atoms with Crippen molar-refractivity contribution in [1.82, 2.24) is 14.8 Å². The van der Waals surface area contributed by atoms with E-state index >= 15 is 0 Å². The number of rotatable bonds is 3. The predicted molar refractivity (Wildman–Crippen MR) is 84.5 cm³/mol. The Morgan fingerprint density at radius 1 is 1.27 bits per heavy atom. The maximum Gasteiger partial charge on any atom is 0.355 e. The summed E-state index contributed by atoms with van der Waals surface area (Å²) in [6, 6.07) is 6.35. The standard InChI is InChI=1S/C13H7Cl2N3O3S/c14-7-2-1-6(3-8(7)15)9-4-11(19)18(17-9)13-16-10(5-22-13)12(20)21/h1-5,17H,(H,20,21). The fourth-order valence-corrected chi connectivity index (χ4v) is 2.88. The summed E-state index contributed by atoms with van der Waals surface area (Å²) in [7, 11) is 0. The molecule has 0 aliphatic rings. The average Bonchev–Trinajstić information content (AvgIpc) is 3.08. The summed E-state index contributed by atoms with van der Waals surface area (Å²) in [6.45, 7) is 0. The van der Waals surface area contributed by atoms with Crippen molar-refractivity contribution in [3.05, 3.63) is 55.7 Å². The maximum atomic E-state index is 12.0. The van der Waals surface area contributed by atoms with E-state index < -0.39 is 5.97 Å². The van der Waals surface area contributed by atoms with Gasteiger partial charge in [-0.1, -0.05) is 29.3 Å². The van der Waals surface area contributed by atoms with Gasteiger partial charge in [0.05, 0.1) is 15.7 Å². The Labute approximate surface area is 137 Å². The number of halogens is 2. The van der Waals surface area contributed by atoms with E-state index in [1.54, 1.807) is 18.2 Å². The third-order valence-electron chi connectivity index (χ3n) is 2.85. The fraction of sp³-hybridized carbons (Fsp3) is 0. The Hall–Kier alpha value is -2.09. The molecule has 2 N–H and O–H groups in total. The summed E-state index contributed by atoms with van der Waals surface area (Å²) in [5.41, 5.74) is 0.737. The molecule has 22 heavy (non-hydrogen) atoms. The number of hydrogen-bond acceptors (Lipinski definition) is 4. The van der Waals surface area contributed by atoms with E-state index in [4.69, 9.17) is 28.3 Å². The number of nitrogens with zero attached hydrogens (tertiary/aromatic N) is 2. The number of thiazole rings is 1. The van der Waals surface area contributed by atoms with Gasteiger partial charge in [-0.3, -0.25) is 9.89 Å². The molecule has 6 nitrogen and oxygen atoms in total. The Balaban J connectivity index is 2.04. The molecule has 0 unspecified atom stereocenters. The van der Waals surface area contributed by atoms with Gasteiger partial charge >= 0.3 is 5.97 Å². The van der Waals surface area contributed by atoms with Crippen LogP contribution in [0.4, 0.5) is 0 Å². The van der Waals surface area contributed by atoms with Crippen LogP contribution in [0, 0.1) is 0 Å². The number of nitrogens with one attached hydrogen (secondary N) is 1. The van der Waals surface area contributed by atoms with Crippen molar-refractivity contribution < 1.29 is 9.90 Å². The number of carbonyl (C=O) groups is 1. The van der Waals surface area contributed by atoms with Gasteiger partial charge in [-0.15, -0.1) is 11.3 Å². The van der Waals surface area contributed by atoms with Crippen LogP contribution in [0.15, 0.2) is 34.4 Å². The molecule has 2 heterocycles. The highest BCUT2D eigenvalue weighted by atomic mass is 35.5. The summed E-state index contributed by atoms with van der Waals surface area (Å²) in [6.07, 6.45) is 0. The molecule has 1 aromatic carbocycles. The number of carboxylic acids is 1. The molecule has 0 saturated carbocycles. The number of carboxylic acid groups (broad SMARTS) is 1. The highest BCUT2D eigenvalue weighted by molar-refractivity contribution is 7.12. The van der Waals surface area contributed by atoms with Gasteiger partial charge in [-0.25, -0.2) is 9.78 Å². The molecule has 0 atom stereocenters. The lowest BCUT2D eigenvalue weighted by Crippen LogP contribution is -2.13. The second-order valence-electron chi connectivity index (χ2n) is 4.29. The second kappa shape index (κ2) is 5.60. The Morgan fingerprint density at radius 3 is 2.68 bits per heavy atom. The number of benzene rings is 1. The summed E-state index contributed by atoms with van der Waals surface area (Å²) >= 11 is 12.9. The molecule has 0 aliphatic carbocycles. The molecule has 3 aromatic rings. The second-order valence-corrected chi connectivity index (χ2v) is 5.94. The predicted octanol–water partition coefficient (Wildman–Crippen LogP) is 3.29. The minimum absolute atomic E-state index is 0.113. The quantitative estimate of drug-likeness (QED) is 0.754. The molecule has 0 spiro atoms. The SMILES string of the molecule is O=C(O)c1csc(-n2[nH]c(-c3ccc(Cl)c(Cl)c3)cc2=O)n1. The van der Waals surface area contributed by atoms with Crippen molar-refractivity contribution in [2.75, 3.05) is 0 Å². The van der Waals surface area contributed by atoms with Crippen LogP contribution in [0.3, 0.4) is 0 Å². The number of aromatic nitrogens is 3. The Kier molecular flexibility index (Phi) is 3.78. The van der Waals surface area contributed by atoms with Crippen LogP contribution in [0.25, 0.3) is 16.4 Å². The van der Waals surface area contributed by atoms with Crippen molar-refractivity contribution >= 4 is 40.5 Å². The zero-order valence-corrected chi connectivity index (χ0v) is 13.0.